The van der Waals surface area contributed by atoms with Crippen LogP contribution in [0.1, 0.15) is 22.3 Å². The quantitative estimate of drug-likeness (QED) is 0.626. The Bertz CT molecular complexity index is 1040. The van der Waals surface area contributed by atoms with Gasteiger partial charge in [-0.05, 0) is 55.7 Å². The van der Waals surface area contributed by atoms with Gasteiger partial charge in [0.15, 0.2) is 4.80 Å². The zero-order valence-corrected chi connectivity index (χ0v) is 17.6. The van der Waals surface area contributed by atoms with E-state index in [1.807, 2.05) is 36.6 Å². The molecule has 0 saturated carbocycles. The van der Waals surface area contributed by atoms with Crippen molar-refractivity contribution >= 4 is 39.1 Å². The fourth-order valence-electron chi connectivity index (χ4n) is 3.32. The molecule has 0 radical (unpaired) electrons. The highest BCUT2D eigenvalue weighted by molar-refractivity contribution is 7.16. The van der Waals surface area contributed by atoms with E-state index >= 15 is 0 Å². The average Bonchev–Trinajstić information content (AvgIpc) is 2.92. The van der Waals surface area contributed by atoms with Crippen molar-refractivity contribution in [2.45, 2.75) is 33.7 Å². The number of carbonyl (C=O) groups excluding carboxylic acids is 1. The van der Waals surface area contributed by atoms with Crippen molar-refractivity contribution in [2.75, 3.05) is 13.7 Å². The predicted octanol–water partition coefficient (Wildman–Crippen LogP) is 4.60. The van der Waals surface area contributed by atoms with Crippen molar-refractivity contribution in [3.63, 3.8) is 0 Å². The lowest BCUT2D eigenvalue weighted by atomic mass is 9.97. The van der Waals surface area contributed by atoms with E-state index in [4.69, 9.17) is 16.3 Å². The molecule has 2 aromatic carbocycles. The summed E-state index contributed by atoms with van der Waals surface area (Å²) in [6.07, 6.45) is 0.303. The predicted molar refractivity (Wildman–Crippen MR) is 112 cm³/mol. The van der Waals surface area contributed by atoms with Crippen molar-refractivity contribution in [3.05, 3.63) is 62.4 Å². The number of amides is 1. The standard InChI is InChI=1S/C21H23ClN2O2S/c1-13-9-14(2)17(15(3)10-13)12-20(25)23-21-24(7-8-26-4)18-6-5-16(22)11-19(18)27-21/h5-6,9-11H,7-8,12H2,1-4H3. The zero-order valence-electron chi connectivity index (χ0n) is 16.0. The Morgan fingerprint density at radius 1 is 1.19 bits per heavy atom. The number of nitrogens with zero attached hydrogens (tertiary/aromatic N) is 2. The largest absolute Gasteiger partial charge is 0.383 e. The van der Waals surface area contributed by atoms with Gasteiger partial charge in [0.05, 0.1) is 23.2 Å². The lowest BCUT2D eigenvalue weighted by Crippen LogP contribution is -2.20. The van der Waals surface area contributed by atoms with Gasteiger partial charge in [0.1, 0.15) is 0 Å². The molecule has 3 aromatic rings. The number of rotatable bonds is 5. The van der Waals surface area contributed by atoms with Crippen LogP contribution >= 0.6 is 22.9 Å². The first-order valence-electron chi connectivity index (χ1n) is 8.81. The second-order valence-electron chi connectivity index (χ2n) is 6.70. The number of aromatic nitrogens is 1. The van der Waals surface area contributed by atoms with Crippen LogP contribution in [0.3, 0.4) is 0 Å². The second kappa shape index (κ2) is 8.38. The van der Waals surface area contributed by atoms with Crippen LogP contribution in [0.5, 0.6) is 0 Å². The first-order chi connectivity index (χ1) is 12.9. The minimum Gasteiger partial charge on any atom is -0.383 e. The van der Waals surface area contributed by atoms with Crippen molar-refractivity contribution in [1.82, 2.24) is 4.57 Å². The van der Waals surface area contributed by atoms with Crippen LogP contribution in [-0.4, -0.2) is 24.2 Å². The number of benzene rings is 2. The Morgan fingerprint density at radius 2 is 1.89 bits per heavy atom. The topological polar surface area (TPSA) is 43.6 Å². The summed E-state index contributed by atoms with van der Waals surface area (Å²) in [7, 11) is 1.66. The number of hydrogen-bond acceptors (Lipinski definition) is 3. The fourth-order valence-corrected chi connectivity index (χ4v) is 4.67. The number of aryl methyl sites for hydroxylation is 3. The van der Waals surface area contributed by atoms with Gasteiger partial charge >= 0.3 is 0 Å². The molecule has 0 N–H and O–H groups in total. The molecule has 4 nitrogen and oxygen atoms in total. The Labute approximate surface area is 168 Å². The Balaban J connectivity index is 2.00. The summed E-state index contributed by atoms with van der Waals surface area (Å²) in [4.78, 5) is 17.8. The molecule has 142 valence electrons. The highest BCUT2D eigenvalue weighted by Crippen LogP contribution is 2.22. The Kier molecular flexibility index (Phi) is 6.15. The summed E-state index contributed by atoms with van der Waals surface area (Å²) in [5.74, 6) is -0.145. The molecule has 0 bridgehead atoms. The number of hydrogen-bond donors (Lipinski definition) is 0. The van der Waals surface area contributed by atoms with Crippen molar-refractivity contribution in [3.8, 4) is 0 Å². The number of fused-ring (bicyclic) bond motifs is 1. The van der Waals surface area contributed by atoms with E-state index in [2.05, 4.69) is 24.0 Å². The van der Waals surface area contributed by atoms with E-state index in [1.165, 1.54) is 16.9 Å². The molecule has 0 aliphatic heterocycles. The van der Waals surface area contributed by atoms with Crippen molar-refractivity contribution < 1.29 is 9.53 Å². The number of halogens is 1. The smallest absolute Gasteiger partial charge is 0.252 e. The summed E-state index contributed by atoms with van der Waals surface area (Å²) >= 11 is 7.59. The fraction of sp³-hybridized carbons (Fsp3) is 0.333. The van der Waals surface area contributed by atoms with Gasteiger partial charge in [-0.3, -0.25) is 4.79 Å². The maximum Gasteiger partial charge on any atom is 0.252 e. The maximum atomic E-state index is 12.7. The highest BCUT2D eigenvalue weighted by Gasteiger charge is 2.11. The van der Waals surface area contributed by atoms with Crippen LogP contribution in [0.4, 0.5) is 0 Å². The highest BCUT2D eigenvalue weighted by atomic mass is 35.5. The van der Waals surface area contributed by atoms with E-state index in [-0.39, 0.29) is 5.91 Å². The monoisotopic (exact) mass is 402 g/mol. The molecule has 6 heteroatoms. The molecule has 1 amide bonds. The Hall–Kier alpha value is -1.95. The summed E-state index contributed by atoms with van der Waals surface area (Å²) in [6.45, 7) is 7.33. The lowest BCUT2D eigenvalue weighted by Gasteiger charge is -2.09. The molecule has 0 unspecified atom stereocenters. The van der Waals surface area contributed by atoms with Gasteiger partial charge in [0.2, 0.25) is 0 Å². The lowest BCUT2D eigenvalue weighted by molar-refractivity contribution is -0.117. The van der Waals surface area contributed by atoms with E-state index in [9.17, 15) is 4.79 Å². The molecular formula is C21H23ClN2O2S. The minimum atomic E-state index is -0.145. The van der Waals surface area contributed by atoms with Gasteiger partial charge in [0.25, 0.3) is 5.91 Å². The molecule has 0 aliphatic rings. The molecule has 0 aliphatic carbocycles. The first-order valence-corrected chi connectivity index (χ1v) is 10.0. The molecular weight excluding hydrogens is 380 g/mol. The molecule has 3 rings (SSSR count). The SMILES string of the molecule is COCCn1c(=NC(=O)Cc2c(C)cc(C)cc2C)sc2cc(Cl)ccc21. The summed E-state index contributed by atoms with van der Waals surface area (Å²) < 4.78 is 8.24. The minimum absolute atomic E-state index is 0.145. The van der Waals surface area contributed by atoms with Crippen LogP contribution in [0.25, 0.3) is 10.2 Å². The van der Waals surface area contributed by atoms with Gasteiger partial charge in [-0.25, -0.2) is 0 Å². The third kappa shape index (κ3) is 4.49. The molecule has 0 fully saturated rings. The molecule has 0 saturated heterocycles. The Morgan fingerprint density at radius 3 is 2.56 bits per heavy atom. The second-order valence-corrected chi connectivity index (χ2v) is 8.15. The third-order valence-corrected chi connectivity index (χ3v) is 5.83. The third-order valence-electron chi connectivity index (χ3n) is 4.55. The van der Waals surface area contributed by atoms with Gasteiger partial charge in [-0.2, -0.15) is 4.99 Å². The van der Waals surface area contributed by atoms with Gasteiger partial charge in [-0.15, -0.1) is 0 Å². The van der Waals surface area contributed by atoms with E-state index in [1.54, 1.807) is 7.11 Å². The van der Waals surface area contributed by atoms with Crippen LogP contribution < -0.4 is 4.80 Å². The molecule has 1 aromatic heterocycles. The van der Waals surface area contributed by atoms with Crippen molar-refractivity contribution in [2.24, 2.45) is 4.99 Å². The molecule has 27 heavy (non-hydrogen) atoms. The number of ether oxygens (including phenoxy) is 1. The van der Waals surface area contributed by atoms with Gasteiger partial charge in [-0.1, -0.05) is 40.6 Å². The first kappa shape index (κ1) is 19.8. The van der Waals surface area contributed by atoms with E-state index in [0.717, 1.165) is 26.9 Å². The summed E-state index contributed by atoms with van der Waals surface area (Å²) in [6, 6.07) is 9.93. The van der Waals surface area contributed by atoms with E-state index < -0.39 is 0 Å². The molecule has 0 atom stereocenters. The molecule has 1 heterocycles. The van der Waals surface area contributed by atoms with Crippen LogP contribution in [0.2, 0.25) is 5.02 Å². The van der Waals surface area contributed by atoms with Crippen LogP contribution in [0.15, 0.2) is 35.3 Å². The maximum absolute atomic E-state index is 12.7. The van der Waals surface area contributed by atoms with Crippen LogP contribution in [-0.2, 0) is 22.5 Å². The number of methoxy groups -OCH3 is 1. The van der Waals surface area contributed by atoms with E-state index in [0.29, 0.717) is 29.4 Å². The summed E-state index contributed by atoms with van der Waals surface area (Å²) in [5.41, 5.74) is 5.53. The van der Waals surface area contributed by atoms with Crippen LogP contribution in [0, 0.1) is 20.8 Å². The van der Waals surface area contributed by atoms with Gasteiger partial charge < -0.3 is 9.30 Å². The number of carbonyl (C=O) groups is 1. The molecule has 0 spiro atoms. The normalized spacial score (nSPS) is 12.1. The zero-order chi connectivity index (χ0) is 19.6. The van der Waals surface area contributed by atoms with Gasteiger partial charge in [0, 0.05) is 18.7 Å². The number of thiazole rings is 1. The average molecular weight is 403 g/mol. The summed E-state index contributed by atoms with van der Waals surface area (Å²) in [5, 5.41) is 0.673. The van der Waals surface area contributed by atoms with Crippen molar-refractivity contribution in [1.29, 1.82) is 0 Å².